The van der Waals surface area contributed by atoms with E-state index < -0.39 is 6.10 Å². The largest absolute Gasteiger partial charge is 0.496 e. The number of hydrogen-bond acceptors (Lipinski definition) is 3. The highest BCUT2D eigenvalue weighted by molar-refractivity contribution is 9.10. The van der Waals surface area contributed by atoms with Crippen molar-refractivity contribution in [3.05, 3.63) is 28.2 Å². The Balaban J connectivity index is 2.24. The number of halogens is 1. The smallest absolute Gasteiger partial charge is 0.133 e. The third-order valence-corrected chi connectivity index (χ3v) is 5.70. The van der Waals surface area contributed by atoms with Crippen LogP contribution >= 0.6 is 15.9 Å². The zero-order valence-corrected chi connectivity index (χ0v) is 14.7. The van der Waals surface area contributed by atoms with E-state index >= 15 is 0 Å². The molecule has 2 rings (SSSR count). The molecule has 1 aliphatic carbocycles. The Labute approximate surface area is 136 Å². The Kier molecular flexibility index (Phi) is 5.01. The molecule has 1 unspecified atom stereocenters. The minimum absolute atomic E-state index is 0.205. The van der Waals surface area contributed by atoms with Crippen molar-refractivity contribution < 1.29 is 9.84 Å². The molecule has 0 saturated heterocycles. The molecule has 118 valence electrons. The first-order chi connectivity index (χ1) is 9.83. The van der Waals surface area contributed by atoms with Gasteiger partial charge in [0.2, 0.25) is 0 Å². The van der Waals surface area contributed by atoms with Crippen LogP contribution in [0.3, 0.4) is 0 Å². The van der Waals surface area contributed by atoms with Crippen LogP contribution in [0, 0.1) is 10.8 Å². The van der Waals surface area contributed by atoms with Gasteiger partial charge < -0.3 is 15.6 Å². The maximum atomic E-state index is 10.9. The molecule has 1 saturated carbocycles. The van der Waals surface area contributed by atoms with E-state index in [1.165, 1.54) is 0 Å². The molecule has 1 aliphatic rings. The van der Waals surface area contributed by atoms with Crippen LogP contribution in [0.4, 0.5) is 0 Å². The van der Waals surface area contributed by atoms with Crippen LogP contribution in [0.15, 0.2) is 22.7 Å². The summed E-state index contributed by atoms with van der Waals surface area (Å²) >= 11 is 3.49. The molecular formula is C17H26BrNO2. The van der Waals surface area contributed by atoms with E-state index in [1.807, 2.05) is 18.2 Å². The molecule has 1 fully saturated rings. The maximum Gasteiger partial charge on any atom is 0.133 e. The van der Waals surface area contributed by atoms with Crippen LogP contribution in [0.25, 0.3) is 0 Å². The molecule has 3 N–H and O–H groups in total. The molecular weight excluding hydrogens is 330 g/mol. The van der Waals surface area contributed by atoms with Gasteiger partial charge in [-0.15, -0.1) is 0 Å². The van der Waals surface area contributed by atoms with Gasteiger partial charge in [0.05, 0.1) is 17.7 Å². The van der Waals surface area contributed by atoms with Crippen molar-refractivity contribution in [2.45, 2.75) is 45.6 Å². The van der Waals surface area contributed by atoms with E-state index in [0.29, 0.717) is 12.0 Å². The second-order valence-corrected chi connectivity index (χ2v) is 7.88. The second-order valence-electron chi connectivity index (χ2n) is 7.03. The first-order valence-electron chi connectivity index (χ1n) is 7.55. The van der Waals surface area contributed by atoms with Crippen LogP contribution < -0.4 is 10.5 Å². The molecule has 0 radical (unpaired) electrons. The summed E-state index contributed by atoms with van der Waals surface area (Å²) in [6.45, 7) is 5.11. The molecule has 1 aromatic carbocycles. The lowest BCUT2D eigenvalue weighted by Crippen LogP contribution is -2.41. The van der Waals surface area contributed by atoms with Crippen molar-refractivity contribution >= 4 is 15.9 Å². The van der Waals surface area contributed by atoms with Crippen LogP contribution in [-0.4, -0.2) is 18.8 Å². The van der Waals surface area contributed by atoms with E-state index in [1.54, 1.807) is 7.11 Å². The highest BCUT2D eigenvalue weighted by Crippen LogP contribution is 2.51. The van der Waals surface area contributed by atoms with Crippen molar-refractivity contribution in [2.24, 2.45) is 16.6 Å². The molecule has 21 heavy (non-hydrogen) atoms. The standard InChI is InChI=1S/C17H26BrNO2/c1-16(2)6-8-17(11-19,9-7-16)15(20)12-4-5-14(21-3)13(18)10-12/h4-5,10,15,20H,6-9,11,19H2,1-3H3. The van der Waals surface area contributed by atoms with Gasteiger partial charge in [0.1, 0.15) is 5.75 Å². The van der Waals surface area contributed by atoms with E-state index in [9.17, 15) is 5.11 Å². The SMILES string of the molecule is COc1ccc(C(O)C2(CN)CCC(C)(C)CC2)cc1Br. The number of benzene rings is 1. The number of rotatable bonds is 4. The van der Waals surface area contributed by atoms with Gasteiger partial charge in [0.25, 0.3) is 0 Å². The van der Waals surface area contributed by atoms with Gasteiger partial charge in [0, 0.05) is 12.0 Å². The van der Waals surface area contributed by atoms with Gasteiger partial charge in [-0.05, 0) is 64.7 Å². The minimum atomic E-state index is -0.527. The lowest BCUT2D eigenvalue weighted by Gasteiger charge is -2.46. The zero-order valence-electron chi connectivity index (χ0n) is 13.2. The summed E-state index contributed by atoms with van der Waals surface area (Å²) in [6, 6.07) is 5.77. The molecule has 0 amide bonds. The fourth-order valence-electron chi connectivity index (χ4n) is 3.22. The molecule has 3 nitrogen and oxygen atoms in total. The quantitative estimate of drug-likeness (QED) is 0.856. The number of ether oxygens (including phenoxy) is 1. The van der Waals surface area contributed by atoms with Crippen LogP contribution in [0.5, 0.6) is 5.75 Å². The van der Waals surface area contributed by atoms with Gasteiger partial charge in [0.15, 0.2) is 0 Å². The lowest BCUT2D eigenvalue weighted by atomic mass is 9.62. The average molecular weight is 356 g/mol. The molecule has 0 spiro atoms. The molecule has 0 aliphatic heterocycles. The second kappa shape index (κ2) is 6.27. The summed E-state index contributed by atoms with van der Waals surface area (Å²) in [6.07, 6.45) is 3.64. The molecule has 0 aromatic heterocycles. The van der Waals surface area contributed by atoms with Crippen LogP contribution in [-0.2, 0) is 0 Å². The summed E-state index contributed by atoms with van der Waals surface area (Å²) in [7, 11) is 1.64. The molecule has 0 heterocycles. The van der Waals surface area contributed by atoms with Crippen LogP contribution in [0.1, 0.15) is 51.2 Å². The predicted molar refractivity (Wildman–Crippen MR) is 89.4 cm³/mol. The van der Waals surface area contributed by atoms with Gasteiger partial charge in [-0.1, -0.05) is 19.9 Å². The highest BCUT2D eigenvalue weighted by Gasteiger charge is 2.43. The summed E-state index contributed by atoms with van der Waals surface area (Å²) in [5, 5.41) is 10.9. The minimum Gasteiger partial charge on any atom is -0.496 e. The fourth-order valence-corrected chi connectivity index (χ4v) is 3.78. The molecule has 1 atom stereocenters. The number of methoxy groups -OCH3 is 1. The van der Waals surface area contributed by atoms with Crippen LogP contribution in [0.2, 0.25) is 0 Å². The zero-order chi connectivity index (χ0) is 15.7. The Morgan fingerprint density at radius 1 is 1.29 bits per heavy atom. The van der Waals surface area contributed by atoms with Crippen molar-refractivity contribution in [1.82, 2.24) is 0 Å². The summed E-state index contributed by atoms with van der Waals surface area (Å²) in [5.41, 5.74) is 7.13. The third-order valence-electron chi connectivity index (χ3n) is 5.08. The fraction of sp³-hybridized carbons (Fsp3) is 0.647. The van der Waals surface area contributed by atoms with Crippen molar-refractivity contribution in [1.29, 1.82) is 0 Å². The van der Waals surface area contributed by atoms with Gasteiger partial charge in [-0.25, -0.2) is 0 Å². The summed E-state index contributed by atoms with van der Waals surface area (Å²) in [4.78, 5) is 0. The summed E-state index contributed by atoms with van der Waals surface area (Å²) < 4.78 is 6.12. The molecule has 0 bridgehead atoms. The lowest BCUT2D eigenvalue weighted by molar-refractivity contribution is -0.0236. The maximum absolute atomic E-state index is 10.9. The Morgan fingerprint density at radius 2 is 1.90 bits per heavy atom. The van der Waals surface area contributed by atoms with Crippen molar-refractivity contribution in [3.63, 3.8) is 0 Å². The topological polar surface area (TPSA) is 55.5 Å². The van der Waals surface area contributed by atoms with E-state index in [-0.39, 0.29) is 5.41 Å². The van der Waals surface area contributed by atoms with Gasteiger partial charge >= 0.3 is 0 Å². The molecule has 1 aromatic rings. The van der Waals surface area contributed by atoms with Crippen molar-refractivity contribution in [3.8, 4) is 5.75 Å². The van der Waals surface area contributed by atoms with Gasteiger partial charge in [-0.3, -0.25) is 0 Å². The first kappa shape index (κ1) is 16.8. The Morgan fingerprint density at radius 3 is 2.38 bits per heavy atom. The third kappa shape index (κ3) is 3.43. The van der Waals surface area contributed by atoms with Crippen molar-refractivity contribution in [2.75, 3.05) is 13.7 Å². The highest BCUT2D eigenvalue weighted by atomic mass is 79.9. The number of nitrogens with two attached hydrogens (primary N) is 1. The average Bonchev–Trinajstić information content (AvgIpc) is 2.47. The first-order valence-corrected chi connectivity index (χ1v) is 8.34. The number of aliphatic hydroxyl groups excluding tert-OH is 1. The van der Waals surface area contributed by atoms with Gasteiger partial charge in [-0.2, -0.15) is 0 Å². The Hall–Kier alpha value is -0.580. The monoisotopic (exact) mass is 355 g/mol. The Bertz CT molecular complexity index is 492. The number of aliphatic hydroxyl groups is 1. The number of hydrogen-bond donors (Lipinski definition) is 2. The van der Waals surface area contributed by atoms with E-state index in [4.69, 9.17) is 10.5 Å². The van der Waals surface area contributed by atoms with E-state index in [0.717, 1.165) is 41.5 Å². The molecule has 4 heteroatoms. The predicted octanol–water partition coefficient (Wildman–Crippen LogP) is 4.04. The van der Waals surface area contributed by atoms with E-state index in [2.05, 4.69) is 29.8 Å². The normalized spacial score (nSPS) is 21.8. The summed E-state index contributed by atoms with van der Waals surface area (Å²) in [5.74, 6) is 0.775.